The lowest BCUT2D eigenvalue weighted by Gasteiger charge is -2.09. The molecule has 0 saturated carbocycles. The Labute approximate surface area is 726 Å². The normalized spacial score (nSPS) is 13.4. The second kappa shape index (κ2) is 38.7. The summed E-state index contributed by atoms with van der Waals surface area (Å²) in [6, 6.07) is 47.3. The molecule has 0 spiro atoms. The summed E-state index contributed by atoms with van der Waals surface area (Å²) in [5, 5.41) is 44.4. The van der Waals surface area contributed by atoms with Crippen molar-refractivity contribution in [3.63, 3.8) is 0 Å². The average molecular weight is 1720 g/mol. The zero-order chi connectivity index (χ0) is 81.3. The van der Waals surface area contributed by atoms with E-state index in [1.807, 2.05) is 58.3 Å². The van der Waals surface area contributed by atoms with Crippen LogP contribution in [0.3, 0.4) is 0 Å². The van der Waals surface area contributed by atoms with Crippen LogP contribution in [-0.4, -0.2) is 20.7 Å². The van der Waals surface area contributed by atoms with Gasteiger partial charge >= 0.3 is 0 Å². The third-order valence-electron chi connectivity index (χ3n) is 22.9. The third kappa shape index (κ3) is 17.8. The summed E-state index contributed by atoms with van der Waals surface area (Å²) >= 11 is 36.7. The number of aromatic nitrogens is 2. The molecule has 0 radical (unpaired) electrons. The SMILES string of the molecule is CCCCCCCCc1cc(/C=C2\C(=O)c3cc(Cl)c(Cl)cc3C2=C(C#N)C#N)sc1-c1ccc(-c2sc(-c3ccc4c(c3)c3c(c5cc(-c6cc(CCCCCCCC)c(-c7ccc(-c8sc(/C=C9/C(=O)c%10cc(Cl)c(Cl)cc%10C9=C(C#N)C#N)cc8CCCCCCCC)s7)s6)ccc5n3C)n4CCCCCCCC)cc2C)s1. The van der Waals surface area contributed by atoms with Crippen molar-refractivity contribution in [2.24, 2.45) is 7.05 Å². The number of aryl methyl sites for hydroxylation is 6. The first kappa shape index (κ1) is 84.3. The number of unbranched alkanes of at least 4 members (excludes halogenated alkanes) is 20. The molecule has 0 fully saturated rings. The van der Waals surface area contributed by atoms with E-state index in [9.17, 15) is 30.6 Å². The van der Waals surface area contributed by atoms with Crippen LogP contribution in [0.25, 0.3) is 116 Å². The number of Topliss-reactive ketones (excluding diaryl/α,β-unsaturated/α-hetero) is 2. The van der Waals surface area contributed by atoms with Crippen LogP contribution in [0.2, 0.25) is 20.1 Å². The van der Waals surface area contributed by atoms with Crippen LogP contribution in [-0.2, 0) is 32.9 Å². The zero-order valence-corrected chi connectivity index (χ0v) is 74.7. The van der Waals surface area contributed by atoms with E-state index in [0.717, 1.165) is 79.0 Å². The van der Waals surface area contributed by atoms with Gasteiger partial charge in [-0.15, -0.1) is 68.0 Å². The number of nitrogens with zero attached hydrogens (tertiary/aromatic N) is 6. The van der Waals surface area contributed by atoms with Crippen molar-refractivity contribution >= 4 is 182 Å². The fourth-order valence-electron chi connectivity index (χ4n) is 16.9. The average Bonchev–Trinajstić information content (AvgIpc) is 1.55. The van der Waals surface area contributed by atoms with E-state index in [1.54, 1.807) is 58.3 Å². The van der Waals surface area contributed by atoms with Gasteiger partial charge in [0.05, 0.1) is 42.2 Å². The molecular formula is C98H94Cl4N6O2S6. The van der Waals surface area contributed by atoms with Gasteiger partial charge in [-0.25, -0.2) is 0 Å². The van der Waals surface area contributed by atoms with Crippen LogP contribution in [0.15, 0.2) is 131 Å². The summed E-state index contributed by atoms with van der Waals surface area (Å²) in [7, 11) is 2.25. The van der Waals surface area contributed by atoms with Gasteiger partial charge in [-0.1, -0.05) is 215 Å². The summed E-state index contributed by atoms with van der Waals surface area (Å²) in [6.07, 6.45) is 35.1. The van der Waals surface area contributed by atoms with Gasteiger partial charge in [-0.2, -0.15) is 21.0 Å². The highest BCUT2D eigenvalue weighted by atomic mass is 35.5. The first-order chi connectivity index (χ1) is 56.5. The molecule has 0 amide bonds. The summed E-state index contributed by atoms with van der Waals surface area (Å²) < 4.78 is 5.08. The zero-order valence-electron chi connectivity index (χ0n) is 66.8. The maximum Gasteiger partial charge on any atom is 0.194 e. The molecule has 2 aliphatic carbocycles. The van der Waals surface area contributed by atoms with Gasteiger partial charge in [0.2, 0.25) is 0 Å². The number of nitriles is 4. The number of halogens is 4. The molecule has 8 nitrogen and oxygen atoms in total. The fourth-order valence-corrected chi connectivity index (χ4v) is 24.8. The van der Waals surface area contributed by atoms with E-state index in [4.69, 9.17) is 46.4 Å². The number of rotatable bonds is 36. The Bertz CT molecular complexity index is 6040. The Morgan fingerprint density at radius 2 is 0.741 bits per heavy atom. The lowest BCUT2D eigenvalue weighted by molar-refractivity contribution is 0.103. The molecule has 0 atom stereocenters. The molecule has 0 bridgehead atoms. The van der Waals surface area contributed by atoms with Crippen LogP contribution in [0.5, 0.6) is 0 Å². The van der Waals surface area contributed by atoms with Crippen LogP contribution in [0, 0.1) is 52.2 Å². The molecule has 14 rings (SSSR count). The highest BCUT2D eigenvalue weighted by molar-refractivity contribution is 7.28. The van der Waals surface area contributed by atoms with Gasteiger partial charge in [0.25, 0.3) is 0 Å². The van der Waals surface area contributed by atoms with E-state index in [2.05, 4.69) is 148 Å². The van der Waals surface area contributed by atoms with E-state index in [1.165, 1.54) is 226 Å². The molecule has 116 heavy (non-hydrogen) atoms. The summed E-state index contributed by atoms with van der Waals surface area (Å²) in [4.78, 5) is 42.6. The number of benzene rings is 4. The minimum atomic E-state index is -0.289. The molecule has 0 saturated heterocycles. The number of hydrogen-bond donors (Lipinski definition) is 0. The quantitative estimate of drug-likeness (QED) is 0.0218. The van der Waals surface area contributed by atoms with Gasteiger partial charge in [-0.05, 0) is 206 Å². The first-order valence-electron chi connectivity index (χ1n) is 41.4. The standard InChI is InChI=1S/C98H94Cl4N6O2S6/c1-7-11-15-19-23-27-31-62-44-67(49-75-89(65(55-103)56-104)69-51-77(99)79(101)53-71(69)93(75)109)111-96(62)84-39-38-83(113-84)95-59(5)43-87(115-95)60-35-37-82-74(47-60)91-92(108(82)42-30-26-22-18-14-10-4)73-46-61(34-36-81(73)107(91)6)88-48-64(33-29-25-21-17-13-9-3)98(116-88)86-41-40-85(114-86)97-63(32-28-24-20-16-12-8-2)45-68(112-97)50-76-90(66(57-105)58-106)70-52-78(100)80(102)54-72(70)94(76)110/h34-41,43-54H,7-33,42H2,1-6H3/b75-49-,76-50+. The second-order valence-corrected chi connectivity index (χ2v) is 39.0. The lowest BCUT2D eigenvalue weighted by Crippen LogP contribution is -1.98. The molecule has 0 N–H and O–H groups in total. The van der Waals surface area contributed by atoms with Crippen molar-refractivity contribution in [3.8, 4) is 84.2 Å². The minimum Gasteiger partial charge on any atom is -0.342 e. The predicted molar refractivity (Wildman–Crippen MR) is 499 cm³/mol. The van der Waals surface area contributed by atoms with Gasteiger partial charge in [0, 0.05) is 116 Å². The molecule has 8 aromatic heterocycles. The van der Waals surface area contributed by atoms with Crippen molar-refractivity contribution in [1.29, 1.82) is 21.0 Å². The molecule has 12 aromatic rings. The predicted octanol–water partition coefficient (Wildman–Crippen LogP) is 32.8. The van der Waals surface area contributed by atoms with Crippen molar-refractivity contribution < 1.29 is 9.59 Å². The Morgan fingerprint density at radius 3 is 1.18 bits per heavy atom. The molecular weight excluding hydrogens is 1630 g/mol. The maximum absolute atomic E-state index is 14.4. The number of fused-ring (bicyclic) bond motifs is 7. The molecule has 592 valence electrons. The van der Waals surface area contributed by atoms with Gasteiger partial charge in [-0.3, -0.25) is 9.59 Å². The molecule has 2 aliphatic rings. The van der Waals surface area contributed by atoms with Crippen LogP contribution >= 0.6 is 114 Å². The number of thiophene rings is 6. The van der Waals surface area contributed by atoms with Crippen LogP contribution in [0.1, 0.15) is 246 Å². The largest absolute Gasteiger partial charge is 0.342 e. The van der Waals surface area contributed by atoms with E-state index >= 15 is 0 Å². The Morgan fingerprint density at radius 1 is 0.379 bits per heavy atom. The smallest absolute Gasteiger partial charge is 0.194 e. The van der Waals surface area contributed by atoms with Crippen LogP contribution < -0.4 is 0 Å². The third-order valence-corrected chi connectivity index (χ3v) is 32.0. The van der Waals surface area contributed by atoms with Gasteiger partial charge in [0.15, 0.2) is 11.6 Å². The van der Waals surface area contributed by atoms with Crippen molar-refractivity contribution in [2.75, 3.05) is 0 Å². The van der Waals surface area contributed by atoms with E-state index in [0.29, 0.717) is 44.5 Å². The lowest BCUT2D eigenvalue weighted by atomic mass is 9.99. The Hall–Kier alpha value is -8.16. The maximum atomic E-state index is 14.4. The molecule has 0 unspecified atom stereocenters. The Kier molecular flexibility index (Phi) is 28.1. The van der Waals surface area contributed by atoms with E-state index in [-0.39, 0.29) is 42.8 Å². The number of carbonyl (C=O) groups is 2. The van der Waals surface area contributed by atoms with Gasteiger partial charge in [0.1, 0.15) is 35.4 Å². The first-order valence-corrected chi connectivity index (χ1v) is 47.8. The number of carbonyl (C=O) groups excluding carboxylic acids is 2. The topological polar surface area (TPSA) is 139 Å². The number of allylic oxidation sites excluding steroid dienone is 6. The van der Waals surface area contributed by atoms with Crippen molar-refractivity contribution in [1.82, 2.24) is 9.13 Å². The molecule has 4 aromatic carbocycles. The van der Waals surface area contributed by atoms with Gasteiger partial charge < -0.3 is 9.13 Å². The molecule has 0 aliphatic heterocycles. The number of hydrogen-bond acceptors (Lipinski definition) is 12. The summed E-state index contributed by atoms with van der Waals surface area (Å²) in [5.41, 5.74) is 15.0. The highest BCUT2D eigenvalue weighted by Gasteiger charge is 2.36. The number of ketones is 2. The fraction of sp³-hybridized carbons (Fsp3) is 0.347. The molecule has 8 heterocycles. The van der Waals surface area contributed by atoms with E-state index < -0.39 is 0 Å². The van der Waals surface area contributed by atoms with Crippen LogP contribution in [0.4, 0.5) is 0 Å². The summed E-state index contributed by atoms with van der Waals surface area (Å²) in [6.45, 7) is 12.2. The van der Waals surface area contributed by atoms with Crippen molar-refractivity contribution in [3.05, 3.63) is 206 Å². The molecule has 18 heteroatoms. The summed E-state index contributed by atoms with van der Waals surface area (Å²) in [5.74, 6) is -0.572. The Balaban J connectivity index is 0.806. The minimum absolute atomic E-state index is 0.140. The second-order valence-electron chi connectivity index (χ2n) is 31.0. The van der Waals surface area contributed by atoms with Crippen molar-refractivity contribution in [2.45, 2.75) is 215 Å². The highest BCUT2D eigenvalue weighted by Crippen LogP contribution is 2.53. The monoisotopic (exact) mass is 1720 g/mol.